The molecule has 0 atom stereocenters. The molecular formula is C17H18FNO3. The second-order valence-electron chi connectivity index (χ2n) is 5.27. The summed E-state index contributed by atoms with van der Waals surface area (Å²) in [6, 6.07) is 8.22. The Bertz CT molecular complexity index is 642. The Labute approximate surface area is 128 Å². The zero-order valence-electron chi connectivity index (χ0n) is 12.4. The van der Waals surface area contributed by atoms with Crippen molar-refractivity contribution >= 4 is 0 Å². The number of halogens is 1. The lowest BCUT2D eigenvalue weighted by molar-refractivity contribution is 0.0237. The van der Waals surface area contributed by atoms with Crippen LogP contribution in [0.25, 0.3) is 0 Å². The van der Waals surface area contributed by atoms with E-state index in [-0.39, 0.29) is 11.9 Å². The lowest BCUT2D eigenvalue weighted by Gasteiger charge is -2.22. The fourth-order valence-electron chi connectivity index (χ4n) is 2.26. The van der Waals surface area contributed by atoms with Crippen LogP contribution in [0.3, 0.4) is 0 Å². The zero-order chi connectivity index (χ0) is 15.4. The molecule has 0 amide bonds. The summed E-state index contributed by atoms with van der Waals surface area (Å²) in [5.74, 6) is 1.24. The Morgan fingerprint density at radius 2 is 1.91 bits per heavy atom. The van der Waals surface area contributed by atoms with Gasteiger partial charge >= 0.3 is 0 Å². The molecular weight excluding hydrogens is 285 g/mol. The van der Waals surface area contributed by atoms with Gasteiger partial charge in [0.25, 0.3) is 0 Å². The lowest BCUT2D eigenvalue weighted by atomic mass is 10.1. The molecule has 1 aromatic carbocycles. The molecule has 0 bridgehead atoms. The maximum Gasteiger partial charge on any atom is 0.217 e. The Morgan fingerprint density at radius 3 is 2.68 bits per heavy atom. The van der Waals surface area contributed by atoms with Gasteiger partial charge in [-0.3, -0.25) is 0 Å². The molecule has 0 aliphatic carbocycles. The van der Waals surface area contributed by atoms with Crippen molar-refractivity contribution in [1.82, 2.24) is 4.98 Å². The molecule has 4 nitrogen and oxygen atoms in total. The van der Waals surface area contributed by atoms with E-state index in [0.29, 0.717) is 36.2 Å². The average Bonchev–Trinajstić information content (AvgIpc) is 2.52. The normalized spacial score (nSPS) is 15.5. The van der Waals surface area contributed by atoms with Gasteiger partial charge in [0, 0.05) is 31.2 Å². The summed E-state index contributed by atoms with van der Waals surface area (Å²) in [6.07, 6.45) is 3.45. The average molecular weight is 303 g/mol. The fraction of sp³-hybridized carbons (Fsp3) is 0.353. The van der Waals surface area contributed by atoms with E-state index in [1.165, 1.54) is 6.07 Å². The highest BCUT2D eigenvalue weighted by Gasteiger charge is 2.16. The summed E-state index contributed by atoms with van der Waals surface area (Å²) < 4.78 is 30.3. The molecule has 22 heavy (non-hydrogen) atoms. The number of hydrogen-bond donors (Lipinski definition) is 0. The molecule has 1 saturated heterocycles. The highest BCUT2D eigenvalue weighted by Crippen LogP contribution is 2.26. The molecule has 1 aliphatic heterocycles. The van der Waals surface area contributed by atoms with Crippen LogP contribution in [0.15, 0.2) is 36.5 Å². The molecule has 0 radical (unpaired) electrons. The number of aryl methyl sites for hydroxylation is 1. The number of pyridine rings is 1. The summed E-state index contributed by atoms with van der Waals surface area (Å²) in [4.78, 5) is 4.19. The number of rotatable bonds is 4. The summed E-state index contributed by atoms with van der Waals surface area (Å²) in [6.45, 7) is 3.14. The van der Waals surface area contributed by atoms with Gasteiger partial charge in [0.1, 0.15) is 23.4 Å². The smallest absolute Gasteiger partial charge is 0.217 e. The van der Waals surface area contributed by atoms with Crippen LogP contribution < -0.4 is 9.47 Å². The molecule has 1 fully saturated rings. The van der Waals surface area contributed by atoms with Crippen molar-refractivity contribution < 1.29 is 18.6 Å². The zero-order valence-corrected chi connectivity index (χ0v) is 12.4. The van der Waals surface area contributed by atoms with E-state index >= 15 is 0 Å². The van der Waals surface area contributed by atoms with E-state index in [9.17, 15) is 4.39 Å². The van der Waals surface area contributed by atoms with Crippen LogP contribution in [0.1, 0.15) is 18.4 Å². The van der Waals surface area contributed by atoms with Crippen LogP contribution in [0.4, 0.5) is 4.39 Å². The first kappa shape index (κ1) is 14.8. The van der Waals surface area contributed by atoms with Crippen molar-refractivity contribution in [3.8, 4) is 17.4 Å². The number of aromatic nitrogens is 1. The molecule has 0 spiro atoms. The number of ether oxygens (including phenoxy) is 3. The quantitative estimate of drug-likeness (QED) is 0.859. The predicted octanol–water partition coefficient (Wildman–Crippen LogP) is 3.88. The Balaban J connectivity index is 1.68. The van der Waals surface area contributed by atoms with E-state index in [1.807, 2.05) is 0 Å². The molecule has 2 aromatic rings. The fourth-order valence-corrected chi connectivity index (χ4v) is 2.26. The van der Waals surface area contributed by atoms with Gasteiger partial charge in [0.2, 0.25) is 5.88 Å². The second kappa shape index (κ2) is 6.75. The molecule has 0 unspecified atom stereocenters. The molecule has 0 N–H and O–H groups in total. The van der Waals surface area contributed by atoms with Gasteiger partial charge in [0.15, 0.2) is 0 Å². The van der Waals surface area contributed by atoms with Crippen molar-refractivity contribution in [3.05, 3.63) is 47.9 Å². The van der Waals surface area contributed by atoms with Gasteiger partial charge < -0.3 is 14.2 Å². The van der Waals surface area contributed by atoms with E-state index in [2.05, 4.69) is 4.98 Å². The van der Waals surface area contributed by atoms with Crippen LogP contribution in [0, 0.1) is 12.7 Å². The van der Waals surface area contributed by atoms with Crippen molar-refractivity contribution in [1.29, 1.82) is 0 Å². The van der Waals surface area contributed by atoms with Gasteiger partial charge in [-0.1, -0.05) is 6.07 Å². The third-order valence-corrected chi connectivity index (χ3v) is 3.54. The maximum absolute atomic E-state index is 13.5. The summed E-state index contributed by atoms with van der Waals surface area (Å²) >= 11 is 0. The van der Waals surface area contributed by atoms with Crippen LogP contribution in [0.5, 0.6) is 17.4 Å². The number of nitrogens with zero attached hydrogens (tertiary/aromatic N) is 1. The first-order valence-corrected chi connectivity index (χ1v) is 7.35. The minimum absolute atomic E-state index is 0.119. The predicted molar refractivity (Wildman–Crippen MR) is 79.9 cm³/mol. The maximum atomic E-state index is 13.5. The van der Waals surface area contributed by atoms with E-state index in [1.54, 1.807) is 37.4 Å². The Kier molecular flexibility index (Phi) is 4.53. The van der Waals surface area contributed by atoms with Crippen molar-refractivity contribution in [2.24, 2.45) is 0 Å². The van der Waals surface area contributed by atoms with Gasteiger partial charge in [-0.2, -0.15) is 0 Å². The number of hydrogen-bond acceptors (Lipinski definition) is 4. The second-order valence-corrected chi connectivity index (χ2v) is 5.27. The topological polar surface area (TPSA) is 40.6 Å². The van der Waals surface area contributed by atoms with Crippen LogP contribution >= 0.6 is 0 Å². The van der Waals surface area contributed by atoms with E-state index in [0.717, 1.165) is 12.8 Å². The lowest BCUT2D eigenvalue weighted by Crippen LogP contribution is -2.26. The van der Waals surface area contributed by atoms with Crippen LogP contribution in [-0.4, -0.2) is 24.3 Å². The monoisotopic (exact) mass is 303 g/mol. The van der Waals surface area contributed by atoms with Crippen LogP contribution in [0.2, 0.25) is 0 Å². The van der Waals surface area contributed by atoms with E-state index < -0.39 is 0 Å². The van der Waals surface area contributed by atoms with Crippen molar-refractivity contribution in [3.63, 3.8) is 0 Å². The molecule has 1 aliphatic rings. The summed E-state index contributed by atoms with van der Waals surface area (Å²) in [5.41, 5.74) is 0.589. The number of benzene rings is 1. The third-order valence-electron chi connectivity index (χ3n) is 3.54. The SMILES string of the molecule is Cc1ccc(Oc2ccnc(OC3CCOCC3)c2)cc1F. The minimum Gasteiger partial charge on any atom is -0.474 e. The Hall–Kier alpha value is -2.14. The summed E-state index contributed by atoms with van der Waals surface area (Å²) in [5, 5.41) is 0. The molecule has 2 heterocycles. The van der Waals surface area contributed by atoms with E-state index in [4.69, 9.17) is 14.2 Å². The molecule has 1 aromatic heterocycles. The largest absolute Gasteiger partial charge is 0.474 e. The first-order valence-electron chi connectivity index (χ1n) is 7.35. The van der Waals surface area contributed by atoms with Crippen molar-refractivity contribution in [2.75, 3.05) is 13.2 Å². The van der Waals surface area contributed by atoms with Crippen molar-refractivity contribution in [2.45, 2.75) is 25.9 Å². The molecule has 5 heteroatoms. The third kappa shape index (κ3) is 3.74. The van der Waals surface area contributed by atoms with Gasteiger partial charge in [-0.25, -0.2) is 9.37 Å². The van der Waals surface area contributed by atoms with Gasteiger partial charge in [0.05, 0.1) is 13.2 Å². The summed E-state index contributed by atoms with van der Waals surface area (Å²) in [7, 11) is 0. The molecule has 0 saturated carbocycles. The highest BCUT2D eigenvalue weighted by molar-refractivity contribution is 5.34. The highest BCUT2D eigenvalue weighted by atomic mass is 19.1. The first-order chi connectivity index (χ1) is 10.7. The Morgan fingerprint density at radius 1 is 1.14 bits per heavy atom. The molecule has 3 rings (SSSR count). The van der Waals surface area contributed by atoms with Crippen LogP contribution in [-0.2, 0) is 4.74 Å². The molecule has 116 valence electrons. The van der Waals surface area contributed by atoms with Gasteiger partial charge in [-0.15, -0.1) is 0 Å². The minimum atomic E-state index is -0.287. The standard InChI is InChI=1S/C17H18FNO3/c1-12-2-3-14(10-16(12)18)21-15-4-7-19-17(11-15)22-13-5-8-20-9-6-13/h2-4,7,10-11,13H,5-6,8-9H2,1H3. The van der Waals surface area contributed by atoms with Gasteiger partial charge in [-0.05, 0) is 24.6 Å².